The van der Waals surface area contributed by atoms with E-state index in [9.17, 15) is 0 Å². The Morgan fingerprint density at radius 1 is 1.45 bits per heavy atom. The average Bonchev–Trinajstić information content (AvgIpc) is 2.83. The van der Waals surface area contributed by atoms with E-state index in [1.807, 2.05) is 13.1 Å². The van der Waals surface area contributed by atoms with E-state index in [0.717, 1.165) is 27.6 Å². The van der Waals surface area contributed by atoms with Gasteiger partial charge in [-0.05, 0) is 46.0 Å². The number of tetrazole rings is 1. The summed E-state index contributed by atoms with van der Waals surface area (Å²) in [5, 5.41) is 15.6. The fourth-order valence-corrected chi connectivity index (χ4v) is 2.84. The van der Waals surface area contributed by atoms with Crippen LogP contribution in [0.5, 0.6) is 0 Å². The molecule has 0 amide bonds. The van der Waals surface area contributed by atoms with Gasteiger partial charge in [-0.25, -0.2) is 4.68 Å². The first-order chi connectivity index (χ1) is 9.70. The summed E-state index contributed by atoms with van der Waals surface area (Å²) in [6, 6.07) is 6.19. The minimum Gasteiger partial charge on any atom is -0.383 e. The largest absolute Gasteiger partial charge is 0.383 e. The molecule has 0 spiro atoms. The molecule has 0 bridgehead atoms. The molecule has 0 fully saturated rings. The summed E-state index contributed by atoms with van der Waals surface area (Å²) in [6.07, 6.45) is 0. The Labute approximate surface area is 130 Å². The summed E-state index contributed by atoms with van der Waals surface area (Å²) in [7, 11) is 3.53. The number of halogens is 1. The van der Waals surface area contributed by atoms with E-state index in [1.165, 1.54) is 5.56 Å². The van der Waals surface area contributed by atoms with Crippen LogP contribution >= 0.6 is 27.7 Å². The van der Waals surface area contributed by atoms with E-state index in [0.29, 0.717) is 6.61 Å². The van der Waals surface area contributed by atoms with Gasteiger partial charge in [0, 0.05) is 36.6 Å². The Morgan fingerprint density at radius 3 is 3.00 bits per heavy atom. The van der Waals surface area contributed by atoms with Crippen LogP contribution in [0.4, 0.5) is 0 Å². The normalized spacial score (nSPS) is 10.9. The second-order valence-corrected chi connectivity index (χ2v) is 6.03. The first-order valence-corrected chi connectivity index (χ1v) is 7.70. The second kappa shape index (κ2) is 7.72. The van der Waals surface area contributed by atoms with Crippen LogP contribution in [0.2, 0.25) is 0 Å². The van der Waals surface area contributed by atoms with Crippen molar-refractivity contribution in [2.45, 2.75) is 16.6 Å². The lowest BCUT2D eigenvalue weighted by Crippen LogP contribution is -2.18. The van der Waals surface area contributed by atoms with Gasteiger partial charge in [0.2, 0.25) is 5.16 Å². The van der Waals surface area contributed by atoms with Crippen molar-refractivity contribution in [1.29, 1.82) is 0 Å². The summed E-state index contributed by atoms with van der Waals surface area (Å²) in [5.74, 6) is 0. The molecular weight excluding hydrogens is 342 g/mol. The van der Waals surface area contributed by atoms with Gasteiger partial charge in [-0.15, -0.1) is 5.10 Å². The van der Waals surface area contributed by atoms with Crippen LogP contribution in [0.1, 0.15) is 5.56 Å². The summed E-state index contributed by atoms with van der Waals surface area (Å²) in [4.78, 5) is 1.14. The Balaban J connectivity index is 2.09. The highest BCUT2D eigenvalue weighted by Gasteiger charge is 2.09. The molecule has 1 aromatic carbocycles. The second-order valence-electron chi connectivity index (χ2n) is 4.11. The minimum atomic E-state index is 0.698. The van der Waals surface area contributed by atoms with Crippen LogP contribution in [-0.4, -0.2) is 40.5 Å². The highest BCUT2D eigenvalue weighted by molar-refractivity contribution is 9.10. The van der Waals surface area contributed by atoms with E-state index in [-0.39, 0.29) is 0 Å². The fourth-order valence-electron chi connectivity index (χ4n) is 1.59. The van der Waals surface area contributed by atoms with Crippen molar-refractivity contribution in [2.75, 3.05) is 20.3 Å². The molecule has 2 aromatic rings. The predicted octanol–water partition coefficient (Wildman–Crippen LogP) is 1.86. The van der Waals surface area contributed by atoms with Crippen molar-refractivity contribution in [1.82, 2.24) is 25.5 Å². The zero-order chi connectivity index (χ0) is 14.4. The lowest BCUT2D eigenvalue weighted by atomic mass is 10.2. The van der Waals surface area contributed by atoms with Crippen LogP contribution in [0, 0.1) is 0 Å². The first kappa shape index (κ1) is 15.4. The molecule has 0 aliphatic heterocycles. The summed E-state index contributed by atoms with van der Waals surface area (Å²) < 4.78 is 7.75. The van der Waals surface area contributed by atoms with E-state index >= 15 is 0 Å². The van der Waals surface area contributed by atoms with Crippen molar-refractivity contribution < 1.29 is 4.74 Å². The molecule has 2 rings (SSSR count). The minimum absolute atomic E-state index is 0.698. The van der Waals surface area contributed by atoms with Gasteiger partial charge in [0.05, 0.1) is 6.61 Å². The smallest absolute Gasteiger partial charge is 0.213 e. The third-order valence-corrected chi connectivity index (χ3v) is 4.24. The highest BCUT2D eigenvalue weighted by Crippen LogP contribution is 2.30. The number of nitrogens with one attached hydrogen (secondary N) is 1. The molecule has 0 unspecified atom stereocenters. The first-order valence-electron chi connectivity index (χ1n) is 6.09. The molecule has 1 N–H and O–H groups in total. The molecule has 1 aromatic heterocycles. The van der Waals surface area contributed by atoms with Crippen molar-refractivity contribution in [2.24, 2.45) is 7.05 Å². The van der Waals surface area contributed by atoms with Crippen LogP contribution in [0.3, 0.4) is 0 Å². The molecule has 6 nitrogen and oxygen atoms in total. The van der Waals surface area contributed by atoms with E-state index in [2.05, 4.69) is 48.9 Å². The molecule has 108 valence electrons. The van der Waals surface area contributed by atoms with E-state index < -0.39 is 0 Å². The molecule has 0 radical (unpaired) electrons. The molecule has 0 saturated heterocycles. The third-order valence-electron chi connectivity index (χ3n) is 2.60. The van der Waals surface area contributed by atoms with Gasteiger partial charge in [0.15, 0.2) is 0 Å². The zero-order valence-corrected chi connectivity index (χ0v) is 13.7. The average molecular weight is 358 g/mol. The van der Waals surface area contributed by atoms with Crippen LogP contribution in [-0.2, 0) is 18.3 Å². The number of rotatable bonds is 7. The van der Waals surface area contributed by atoms with Crippen molar-refractivity contribution in [3.8, 4) is 0 Å². The van der Waals surface area contributed by atoms with Crippen molar-refractivity contribution in [3.63, 3.8) is 0 Å². The number of benzene rings is 1. The van der Waals surface area contributed by atoms with Gasteiger partial charge in [-0.3, -0.25) is 0 Å². The molecular formula is C12H16BrN5OS. The molecule has 1 heterocycles. The summed E-state index contributed by atoms with van der Waals surface area (Å²) >= 11 is 5.06. The number of nitrogens with zero attached hydrogens (tertiary/aromatic N) is 4. The third kappa shape index (κ3) is 4.27. The summed E-state index contributed by atoms with van der Waals surface area (Å²) in [6.45, 7) is 2.29. The highest BCUT2D eigenvalue weighted by atomic mass is 79.9. The van der Waals surface area contributed by atoms with Crippen LogP contribution in [0.15, 0.2) is 32.7 Å². The summed E-state index contributed by atoms with van der Waals surface area (Å²) in [5.41, 5.74) is 1.20. The molecule has 20 heavy (non-hydrogen) atoms. The maximum absolute atomic E-state index is 5.03. The SMILES string of the molecule is COCCNCc1cc(Br)ccc1Sc1nnnn1C. The van der Waals surface area contributed by atoms with Crippen molar-refractivity contribution >= 4 is 27.7 Å². The quantitative estimate of drug-likeness (QED) is 0.763. The van der Waals surface area contributed by atoms with Gasteiger partial charge >= 0.3 is 0 Å². The molecule has 8 heteroatoms. The lowest BCUT2D eigenvalue weighted by Gasteiger charge is -2.10. The zero-order valence-electron chi connectivity index (χ0n) is 11.3. The van der Waals surface area contributed by atoms with Crippen molar-refractivity contribution in [3.05, 3.63) is 28.2 Å². The Hall–Kier alpha value is -0.960. The molecule has 0 aliphatic rings. The maximum atomic E-state index is 5.03. The van der Waals surface area contributed by atoms with Gasteiger partial charge in [-0.1, -0.05) is 15.9 Å². The standard InChI is InChI=1S/C12H16BrN5OS/c1-18-12(15-16-17-18)20-11-4-3-10(13)7-9(11)8-14-5-6-19-2/h3-4,7,14H,5-6,8H2,1-2H3. The van der Waals surface area contributed by atoms with E-state index in [1.54, 1.807) is 23.6 Å². The van der Waals surface area contributed by atoms with Gasteiger partial charge < -0.3 is 10.1 Å². The van der Waals surface area contributed by atoms with Gasteiger partial charge in [0.1, 0.15) is 0 Å². The topological polar surface area (TPSA) is 64.9 Å². The number of methoxy groups -OCH3 is 1. The number of hydrogen-bond acceptors (Lipinski definition) is 6. The molecule has 0 aliphatic carbocycles. The van der Waals surface area contributed by atoms with Gasteiger partial charge in [-0.2, -0.15) is 0 Å². The Kier molecular flexibility index (Phi) is 5.96. The Bertz CT molecular complexity index is 563. The molecule has 0 atom stereocenters. The van der Waals surface area contributed by atoms with Crippen LogP contribution in [0.25, 0.3) is 0 Å². The Morgan fingerprint density at radius 2 is 2.30 bits per heavy atom. The van der Waals surface area contributed by atoms with Gasteiger partial charge in [0.25, 0.3) is 0 Å². The number of hydrogen-bond donors (Lipinski definition) is 1. The molecule has 0 saturated carbocycles. The van der Waals surface area contributed by atoms with E-state index in [4.69, 9.17) is 4.74 Å². The fraction of sp³-hybridized carbons (Fsp3) is 0.417. The predicted molar refractivity (Wildman–Crippen MR) is 80.6 cm³/mol. The number of aromatic nitrogens is 4. The van der Waals surface area contributed by atoms with Crippen LogP contribution < -0.4 is 5.32 Å². The maximum Gasteiger partial charge on any atom is 0.213 e. The number of aryl methyl sites for hydroxylation is 1. The lowest BCUT2D eigenvalue weighted by molar-refractivity contribution is 0.199. The monoisotopic (exact) mass is 357 g/mol. The number of ether oxygens (including phenoxy) is 1.